The summed E-state index contributed by atoms with van der Waals surface area (Å²) in [5.74, 6) is 0. The molecule has 1 unspecified atom stereocenters. The van der Waals surface area contributed by atoms with Gasteiger partial charge in [0.05, 0.1) is 5.01 Å². The van der Waals surface area contributed by atoms with Gasteiger partial charge in [0.15, 0.2) is 0 Å². The van der Waals surface area contributed by atoms with E-state index in [0.29, 0.717) is 5.41 Å². The maximum atomic E-state index is 6.09. The largest absolute Gasteiger partial charge is 0.323 e. The van der Waals surface area contributed by atoms with Crippen molar-refractivity contribution in [2.75, 3.05) is 0 Å². The van der Waals surface area contributed by atoms with Gasteiger partial charge in [-0.15, -0.1) is 11.3 Å². The molecule has 14 heavy (non-hydrogen) atoms. The van der Waals surface area contributed by atoms with Gasteiger partial charge in [-0.1, -0.05) is 20.8 Å². The second-order valence-corrected chi connectivity index (χ2v) is 6.25. The first-order valence-electron chi connectivity index (χ1n) is 5.06. The van der Waals surface area contributed by atoms with Gasteiger partial charge in [0.25, 0.3) is 0 Å². The number of aryl methyl sites for hydroxylation is 1. The van der Waals surface area contributed by atoms with Gasteiger partial charge in [-0.3, -0.25) is 0 Å². The minimum atomic E-state index is 0.167. The lowest BCUT2D eigenvalue weighted by Gasteiger charge is -2.20. The van der Waals surface area contributed by atoms with E-state index in [1.54, 1.807) is 11.3 Å². The van der Waals surface area contributed by atoms with Crippen LogP contribution in [0.4, 0.5) is 0 Å². The molecule has 0 aliphatic heterocycles. The van der Waals surface area contributed by atoms with Gasteiger partial charge in [0.2, 0.25) is 0 Å². The normalized spacial score (nSPS) is 14.4. The highest BCUT2D eigenvalue weighted by atomic mass is 32.1. The van der Waals surface area contributed by atoms with Crippen LogP contribution in [0.15, 0.2) is 6.20 Å². The first kappa shape index (κ1) is 11.7. The predicted octanol–water partition coefficient (Wildman–Crippen LogP) is 3.28. The second-order valence-electron chi connectivity index (χ2n) is 4.99. The van der Waals surface area contributed by atoms with Crippen LogP contribution in [0.3, 0.4) is 0 Å². The SMILES string of the molecule is Cc1ncc(C(N)CCC(C)(C)C)s1. The molecule has 2 N–H and O–H groups in total. The first-order chi connectivity index (χ1) is 6.38. The molecule has 0 amide bonds. The molecular weight excluding hydrogens is 192 g/mol. The van der Waals surface area contributed by atoms with Gasteiger partial charge in [0.1, 0.15) is 0 Å². The number of nitrogens with zero attached hydrogens (tertiary/aromatic N) is 1. The van der Waals surface area contributed by atoms with Crippen LogP contribution in [0.2, 0.25) is 0 Å². The smallest absolute Gasteiger partial charge is 0.0897 e. The van der Waals surface area contributed by atoms with Crippen LogP contribution in [0.25, 0.3) is 0 Å². The standard InChI is InChI=1S/C11H20N2S/c1-8-13-7-10(14-8)9(12)5-6-11(2,3)4/h7,9H,5-6,12H2,1-4H3. The van der Waals surface area contributed by atoms with Crippen molar-refractivity contribution in [3.8, 4) is 0 Å². The molecule has 0 aliphatic rings. The van der Waals surface area contributed by atoms with Gasteiger partial charge in [0, 0.05) is 17.1 Å². The molecule has 0 saturated carbocycles. The van der Waals surface area contributed by atoms with E-state index in [9.17, 15) is 0 Å². The fourth-order valence-corrected chi connectivity index (χ4v) is 2.10. The van der Waals surface area contributed by atoms with Gasteiger partial charge in [-0.25, -0.2) is 4.98 Å². The van der Waals surface area contributed by atoms with Crippen LogP contribution in [-0.2, 0) is 0 Å². The van der Waals surface area contributed by atoms with Crippen molar-refractivity contribution in [3.63, 3.8) is 0 Å². The molecule has 0 aliphatic carbocycles. The molecule has 0 radical (unpaired) electrons. The van der Waals surface area contributed by atoms with Crippen molar-refractivity contribution in [2.45, 2.75) is 46.6 Å². The Balaban J connectivity index is 2.47. The average molecular weight is 212 g/mol. The molecule has 0 spiro atoms. The number of hydrogen-bond donors (Lipinski definition) is 1. The molecule has 0 fully saturated rings. The minimum absolute atomic E-state index is 0.167. The molecule has 2 nitrogen and oxygen atoms in total. The van der Waals surface area contributed by atoms with Crippen LogP contribution in [0, 0.1) is 12.3 Å². The summed E-state index contributed by atoms with van der Waals surface area (Å²) in [5.41, 5.74) is 6.46. The van der Waals surface area contributed by atoms with Crippen LogP contribution in [-0.4, -0.2) is 4.98 Å². The topological polar surface area (TPSA) is 38.9 Å². The third-order valence-corrected chi connectivity index (χ3v) is 3.25. The van der Waals surface area contributed by atoms with Crippen LogP contribution in [0.5, 0.6) is 0 Å². The highest BCUT2D eigenvalue weighted by molar-refractivity contribution is 7.11. The maximum absolute atomic E-state index is 6.09. The monoisotopic (exact) mass is 212 g/mol. The molecule has 0 saturated heterocycles. The lowest BCUT2D eigenvalue weighted by atomic mass is 9.89. The summed E-state index contributed by atoms with van der Waals surface area (Å²) in [6, 6.07) is 0.167. The highest BCUT2D eigenvalue weighted by Crippen LogP contribution is 2.28. The molecule has 0 aromatic carbocycles. The summed E-state index contributed by atoms with van der Waals surface area (Å²) < 4.78 is 0. The van der Waals surface area contributed by atoms with Gasteiger partial charge < -0.3 is 5.73 Å². The Labute approximate surface area is 90.6 Å². The fourth-order valence-electron chi connectivity index (χ4n) is 1.28. The summed E-state index contributed by atoms with van der Waals surface area (Å²) in [5, 5.41) is 1.10. The molecule has 1 aromatic rings. The Morgan fingerprint density at radius 3 is 2.57 bits per heavy atom. The lowest BCUT2D eigenvalue weighted by molar-refractivity contribution is 0.350. The molecule has 1 atom stereocenters. The van der Waals surface area contributed by atoms with E-state index >= 15 is 0 Å². The van der Waals surface area contributed by atoms with Crippen molar-refractivity contribution in [1.82, 2.24) is 4.98 Å². The average Bonchev–Trinajstić information content (AvgIpc) is 2.46. The molecule has 1 heterocycles. The van der Waals surface area contributed by atoms with E-state index in [1.165, 1.54) is 4.88 Å². The molecule has 3 heteroatoms. The molecular formula is C11H20N2S. The first-order valence-corrected chi connectivity index (χ1v) is 5.88. The second kappa shape index (κ2) is 4.41. The van der Waals surface area contributed by atoms with Gasteiger partial charge >= 0.3 is 0 Å². The Morgan fingerprint density at radius 1 is 1.50 bits per heavy atom. The van der Waals surface area contributed by atoms with Crippen molar-refractivity contribution in [3.05, 3.63) is 16.1 Å². The molecule has 1 aromatic heterocycles. The van der Waals surface area contributed by atoms with Crippen LogP contribution in [0.1, 0.15) is 49.5 Å². The zero-order valence-corrected chi connectivity index (χ0v) is 10.3. The van der Waals surface area contributed by atoms with Gasteiger partial charge in [-0.2, -0.15) is 0 Å². The van der Waals surface area contributed by atoms with Crippen molar-refractivity contribution < 1.29 is 0 Å². The molecule has 0 bridgehead atoms. The minimum Gasteiger partial charge on any atom is -0.323 e. The van der Waals surface area contributed by atoms with Crippen LogP contribution < -0.4 is 5.73 Å². The lowest BCUT2D eigenvalue weighted by Crippen LogP contribution is -2.13. The van der Waals surface area contributed by atoms with Crippen molar-refractivity contribution in [2.24, 2.45) is 11.1 Å². The predicted molar refractivity (Wildman–Crippen MR) is 62.5 cm³/mol. The molecule has 1 rings (SSSR count). The van der Waals surface area contributed by atoms with E-state index in [0.717, 1.165) is 17.8 Å². The summed E-state index contributed by atoms with van der Waals surface area (Å²) in [7, 11) is 0. The zero-order chi connectivity index (χ0) is 10.8. The zero-order valence-electron chi connectivity index (χ0n) is 9.50. The number of hydrogen-bond acceptors (Lipinski definition) is 3. The van der Waals surface area contributed by atoms with E-state index in [4.69, 9.17) is 5.73 Å². The number of rotatable bonds is 3. The van der Waals surface area contributed by atoms with E-state index < -0.39 is 0 Å². The maximum Gasteiger partial charge on any atom is 0.0897 e. The summed E-state index contributed by atoms with van der Waals surface area (Å²) >= 11 is 1.71. The summed E-state index contributed by atoms with van der Waals surface area (Å²) in [6.07, 6.45) is 4.11. The fraction of sp³-hybridized carbons (Fsp3) is 0.727. The van der Waals surface area contributed by atoms with Gasteiger partial charge in [-0.05, 0) is 25.2 Å². The van der Waals surface area contributed by atoms with E-state index in [-0.39, 0.29) is 6.04 Å². The Morgan fingerprint density at radius 2 is 2.14 bits per heavy atom. The van der Waals surface area contributed by atoms with Crippen LogP contribution >= 0.6 is 11.3 Å². The summed E-state index contributed by atoms with van der Waals surface area (Å²) in [4.78, 5) is 5.44. The Bertz CT molecular complexity index is 286. The number of aromatic nitrogens is 1. The Kier molecular flexibility index (Phi) is 3.67. The number of thiazole rings is 1. The number of nitrogens with two attached hydrogens (primary N) is 1. The van der Waals surface area contributed by atoms with Crippen molar-refractivity contribution in [1.29, 1.82) is 0 Å². The Hall–Kier alpha value is -0.410. The third-order valence-electron chi connectivity index (χ3n) is 2.21. The van der Waals surface area contributed by atoms with E-state index in [2.05, 4.69) is 25.8 Å². The van der Waals surface area contributed by atoms with E-state index in [1.807, 2.05) is 13.1 Å². The third kappa shape index (κ3) is 3.76. The highest BCUT2D eigenvalue weighted by Gasteiger charge is 2.15. The molecule has 80 valence electrons. The quantitative estimate of drug-likeness (QED) is 0.835. The van der Waals surface area contributed by atoms with Crippen molar-refractivity contribution >= 4 is 11.3 Å². The summed E-state index contributed by atoms with van der Waals surface area (Å²) in [6.45, 7) is 8.76.